The topological polar surface area (TPSA) is 118 Å². The molecule has 0 saturated carbocycles. The normalized spacial score (nSPS) is 23.6. The van der Waals surface area contributed by atoms with Gasteiger partial charge in [0.15, 0.2) is 17.2 Å². The molecular weight excluding hydrogens is 449 g/mol. The summed E-state index contributed by atoms with van der Waals surface area (Å²) in [6, 6.07) is 13.7. The maximum absolute atomic E-state index is 10.7. The van der Waals surface area contributed by atoms with Crippen LogP contribution in [0.25, 0.3) is 21.9 Å². The quantitative estimate of drug-likeness (QED) is 0.409. The number of aromatic nitrogens is 4. The summed E-state index contributed by atoms with van der Waals surface area (Å²) >= 11 is 5.41. The van der Waals surface area contributed by atoms with Crippen LogP contribution in [-0.2, 0) is 21.1 Å². The first-order valence-electron chi connectivity index (χ1n) is 10.1. The number of benzene rings is 2. The van der Waals surface area contributed by atoms with E-state index in [1.165, 1.54) is 6.33 Å². The molecule has 0 spiro atoms. The van der Waals surface area contributed by atoms with Crippen molar-refractivity contribution in [3.05, 3.63) is 55.1 Å². The molecule has 1 fully saturated rings. The van der Waals surface area contributed by atoms with Gasteiger partial charge in [-0.05, 0) is 11.5 Å². The first-order chi connectivity index (χ1) is 15.5. The van der Waals surface area contributed by atoms with Crippen molar-refractivity contribution in [1.29, 1.82) is 0 Å². The van der Waals surface area contributed by atoms with Crippen LogP contribution in [0.15, 0.2) is 55.1 Å². The van der Waals surface area contributed by atoms with Gasteiger partial charge in [0.25, 0.3) is 0 Å². The monoisotopic (exact) mass is 470 g/mol. The highest BCUT2D eigenvalue weighted by molar-refractivity contribution is 8.00. The molecule has 9 nitrogen and oxygen atoms in total. The number of hydrogen-bond acceptors (Lipinski definition) is 9. The van der Waals surface area contributed by atoms with Gasteiger partial charge in [0.2, 0.25) is 11.8 Å². The summed E-state index contributed by atoms with van der Waals surface area (Å²) in [5, 5.41) is 12.8. The minimum atomic E-state index is -1.64. The van der Waals surface area contributed by atoms with Crippen molar-refractivity contribution in [2.45, 2.75) is 25.4 Å². The van der Waals surface area contributed by atoms with Crippen LogP contribution in [0, 0.1) is 5.92 Å². The summed E-state index contributed by atoms with van der Waals surface area (Å²) in [6.07, 6.45) is 1.16. The summed E-state index contributed by atoms with van der Waals surface area (Å²) < 4.78 is 19.5. The maximum Gasteiger partial charge on any atom is 0.573 e. The third kappa shape index (κ3) is 3.80. The Labute approximate surface area is 189 Å². The molecule has 0 radical (unpaired) electrons. The van der Waals surface area contributed by atoms with E-state index in [0.29, 0.717) is 22.7 Å². The van der Waals surface area contributed by atoms with Crippen molar-refractivity contribution in [2.75, 3.05) is 12.3 Å². The lowest BCUT2D eigenvalue weighted by Crippen LogP contribution is -2.28. The number of aliphatic hydroxyl groups excluding tert-OH is 1. The second-order valence-electron chi connectivity index (χ2n) is 7.59. The number of rotatable bonds is 6. The zero-order chi connectivity index (χ0) is 22.2. The number of anilines is 1. The highest BCUT2D eigenvalue weighted by Crippen LogP contribution is 2.39. The van der Waals surface area contributed by atoms with Crippen molar-refractivity contribution in [3.8, 4) is 5.75 Å². The van der Waals surface area contributed by atoms with Gasteiger partial charge in [-0.2, -0.15) is 0 Å². The molecule has 0 bridgehead atoms. The average Bonchev–Trinajstić information content (AvgIpc) is 3.35. The Kier molecular flexibility index (Phi) is 5.71. The largest absolute Gasteiger partial charge is 0.573 e. The smallest absolute Gasteiger partial charge is 0.390 e. The van der Waals surface area contributed by atoms with E-state index in [4.69, 9.17) is 31.3 Å². The van der Waals surface area contributed by atoms with E-state index >= 15 is 0 Å². The van der Waals surface area contributed by atoms with Crippen LogP contribution in [0.5, 0.6) is 5.75 Å². The van der Waals surface area contributed by atoms with E-state index in [1.54, 1.807) is 10.9 Å². The molecular formula is C21H21N5O4PS+. The number of nitrogens with zero attached hydrogens (tertiary/aromatic N) is 4. The minimum absolute atomic E-state index is 0.103. The molecule has 1 saturated heterocycles. The third-order valence-electron chi connectivity index (χ3n) is 5.61. The molecule has 2 aromatic carbocycles. The zero-order valence-corrected chi connectivity index (χ0v) is 18.8. The Bertz CT molecular complexity index is 1300. The van der Waals surface area contributed by atoms with Gasteiger partial charge in [-0.15, -0.1) is 4.52 Å². The minimum Gasteiger partial charge on any atom is -0.390 e. The number of nitrogen functional groups attached to an aromatic ring is 1. The molecule has 0 amide bonds. The van der Waals surface area contributed by atoms with E-state index < -0.39 is 25.6 Å². The molecule has 1 aliphatic heterocycles. The summed E-state index contributed by atoms with van der Waals surface area (Å²) in [7, 11) is -1.64. The lowest BCUT2D eigenvalue weighted by molar-refractivity contribution is -0.0387. The van der Waals surface area contributed by atoms with Crippen molar-refractivity contribution >= 4 is 46.7 Å². The van der Waals surface area contributed by atoms with E-state index in [2.05, 4.69) is 15.0 Å². The molecule has 3 heterocycles. The summed E-state index contributed by atoms with van der Waals surface area (Å²) in [4.78, 5) is 12.5. The fraction of sp³-hybridized carbons (Fsp3) is 0.286. The Morgan fingerprint density at radius 3 is 2.88 bits per heavy atom. The molecule has 11 heteroatoms. The van der Waals surface area contributed by atoms with Gasteiger partial charge in [-0.1, -0.05) is 43.3 Å². The maximum atomic E-state index is 10.7. The van der Waals surface area contributed by atoms with Gasteiger partial charge in [-0.3, -0.25) is 4.57 Å². The lowest BCUT2D eigenvalue weighted by Gasteiger charge is -2.17. The van der Waals surface area contributed by atoms with Crippen LogP contribution in [0.1, 0.15) is 13.2 Å². The Balaban J connectivity index is 1.27. The lowest BCUT2D eigenvalue weighted by atomic mass is 10.0. The number of fused-ring (bicyclic) bond motifs is 2. The van der Waals surface area contributed by atoms with Gasteiger partial charge < -0.3 is 15.6 Å². The van der Waals surface area contributed by atoms with Gasteiger partial charge in [0.05, 0.1) is 12.4 Å². The van der Waals surface area contributed by atoms with E-state index in [-0.39, 0.29) is 12.5 Å². The summed E-state index contributed by atoms with van der Waals surface area (Å²) in [5.41, 5.74) is 6.92. The van der Waals surface area contributed by atoms with Crippen LogP contribution < -0.4 is 10.3 Å². The predicted octanol–water partition coefficient (Wildman–Crippen LogP) is 3.33. The summed E-state index contributed by atoms with van der Waals surface area (Å²) in [5.74, 6) is 0.736. The van der Waals surface area contributed by atoms with Crippen LogP contribution in [0.2, 0.25) is 0 Å². The Morgan fingerprint density at radius 1 is 1.19 bits per heavy atom. The number of hydrogen-bond donors (Lipinski definition) is 2. The van der Waals surface area contributed by atoms with Crippen molar-refractivity contribution in [2.24, 2.45) is 5.92 Å². The summed E-state index contributed by atoms with van der Waals surface area (Å²) in [6.45, 7) is 2.00. The molecule has 5 unspecified atom stereocenters. The first kappa shape index (κ1) is 21.1. The second-order valence-corrected chi connectivity index (χ2v) is 9.37. The Morgan fingerprint density at radius 2 is 2.00 bits per heavy atom. The molecule has 5 atom stereocenters. The molecule has 1 aliphatic rings. The first-order valence-corrected chi connectivity index (χ1v) is 12.2. The third-order valence-corrected chi connectivity index (χ3v) is 6.86. The zero-order valence-electron chi connectivity index (χ0n) is 17.1. The van der Waals surface area contributed by atoms with Crippen LogP contribution in [-0.4, -0.2) is 43.4 Å². The van der Waals surface area contributed by atoms with Gasteiger partial charge in [0.1, 0.15) is 30.8 Å². The van der Waals surface area contributed by atoms with E-state index in [1.807, 2.05) is 49.4 Å². The highest BCUT2D eigenvalue weighted by Gasteiger charge is 2.44. The van der Waals surface area contributed by atoms with Gasteiger partial charge in [-0.25, -0.2) is 19.5 Å². The molecule has 5 rings (SSSR count). The molecule has 3 N–H and O–H groups in total. The standard InChI is InChI=1S/C21H21N5O4PS/c1-12-18(27)16(29-21(12)26-11-25-17-19(22)23-10-24-20(17)26)9-28-31(32)30-15-8-4-6-13-5-2-3-7-14(13)15/h2-8,10-12,16,18,21,27H,9H2,1H3,(H2,22,23,24)/q+1. The fourth-order valence-electron chi connectivity index (χ4n) is 3.92. The number of imidazole rings is 1. The van der Waals surface area contributed by atoms with Crippen LogP contribution >= 0.6 is 7.15 Å². The molecule has 4 aromatic rings. The van der Waals surface area contributed by atoms with Gasteiger partial charge in [0, 0.05) is 11.3 Å². The van der Waals surface area contributed by atoms with Crippen molar-refractivity contribution < 1.29 is 18.9 Å². The average molecular weight is 470 g/mol. The number of ether oxygens (including phenoxy) is 1. The SMILES string of the molecule is CC1C(O)C(CO[P+](=S)Oc2cccc3ccccc23)OC1n1cnc2c(N)ncnc21. The van der Waals surface area contributed by atoms with E-state index in [0.717, 1.165) is 10.8 Å². The second kappa shape index (κ2) is 8.65. The van der Waals surface area contributed by atoms with Crippen molar-refractivity contribution in [3.63, 3.8) is 0 Å². The van der Waals surface area contributed by atoms with E-state index in [9.17, 15) is 5.11 Å². The van der Waals surface area contributed by atoms with Crippen LogP contribution in [0.4, 0.5) is 5.82 Å². The van der Waals surface area contributed by atoms with Crippen molar-refractivity contribution in [1.82, 2.24) is 19.5 Å². The molecule has 32 heavy (non-hydrogen) atoms. The highest BCUT2D eigenvalue weighted by atomic mass is 32.4. The number of nitrogens with two attached hydrogens (primary N) is 1. The fourth-order valence-corrected chi connectivity index (χ4v) is 4.98. The molecule has 0 aliphatic carbocycles. The van der Waals surface area contributed by atoms with Crippen LogP contribution in [0.3, 0.4) is 0 Å². The predicted molar refractivity (Wildman–Crippen MR) is 124 cm³/mol. The molecule has 2 aromatic heterocycles. The number of aliphatic hydroxyl groups is 1. The van der Waals surface area contributed by atoms with Gasteiger partial charge >= 0.3 is 7.15 Å². The molecule has 164 valence electrons. The Hall–Kier alpha value is -2.75.